The van der Waals surface area contributed by atoms with Crippen LogP contribution in [0.2, 0.25) is 0 Å². The Hall–Kier alpha value is -4.35. The number of nitrogens with one attached hydrogen (secondary N) is 3. The first-order chi connectivity index (χ1) is 16.2. The molecular formula is C22H20F3N7O2. The van der Waals surface area contributed by atoms with E-state index in [1.165, 1.54) is 19.5 Å². The Bertz CT molecular complexity index is 1340. The fourth-order valence-corrected chi connectivity index (χ4v) is 3.33. The number of anilines is 3. The van der Waals surface area contributed by atoms with Gasteiger partial charge in [0, 0.05) is 29.0 Å². The number of nitrogen functional groups attached to an aromatic ring is 1. The van der Waals surface area contributed by atoms with E-state index in [1.54, 1.807) is 12.1 Å². The van der Waals surface area contributed by atoms with Gasteiger partial charge < -0.3 is 20.8 Å². The summed E-state index contributed by atoms with van der Waals surface area (Å²) in [6, 6.07) is 7.84. The quantitative estimate of drug-likeness (QED) is 0.323. The minimum atomic E-state index is -4.53. The molecule has 0 aliphatic carbocycles. The second kappa shape index (κ2) is 8.89. The van der Waals surface area contributed by atoms with Crippen molar-refractivity contribution in [3.63, 3.8) is 0 Å². The van der Waals surface area contributed by atoms with Crippen LogP contribution in [-0.4, -0.2) is 33.1 Å². The third-order valence-electron chi connectivity index (χ3n) is 5.12. The van der Waals surface area contributed by atoms with Crippen molar-refractivity contribution in [3.05, 3.63) is 60.0 Å². The van der Waals surface area contributed by atoms with Gasteiger partial charge in [-0.25, -0.2) is 19.7 Å². The Morgan fingerprint density at radius 2 is 1.91 bits per heavy atom. The van der Waals surface area contributed by atoms with E-state index in [4.69, 9.17) is 5.73 Å². The van der Waals surface area contributed by atoms with E-state index in [1.807, 2.05) is 19.1 Å². The van der Waals surface area contributed by atoms with Crippen LogP contribution < -0.4 is 16.4 Å². The molecule has 4 aromatic rings. The first-order valence-corrected chi connectivity index (χ1v) is 10.0. The molecule has 34 heavy (non-hydrogen) atoms. The predicted octanol–water partition coefficient (Wildman–Crippen LogP) is 4.97. The molecule has 0 unspecified atom stereocenters. The van der Waals surface area contributed by atoms with Gasteiger partial charge in [-0.1, -0.05) is 12.1 Å². The molecule has 0 bridgehead atoms. The van der Waals surface area contributed by atoms with Crippen molar-refractivity contribution in [1.29, 1.82) is 0 Å². The Kier molecular flexibility index (Phi) is 5.97. The summed E-state index contributed by atoms with van der Waals surface area (Å²) < 4.78 is 44.1. The van der Waals surface area contributed by atoms with Crippen molar-refractivity contribution in [3.8, 4) is 11.3 Å². The van der Waals surface area contributed by atoms with E-state index in [-0.39, 0.29) is 34.4 Å². The maximum atomic E-state index is 13.2. The molecule has 5 N–H and O–H groups in total. The number of benzene rings is 1. The molecule has 0 saturated carbocycles. The van der Waals surface area contributed by atoms with Crippen LogP contribution >= 0.6 is 0 Å². The van der Waals surface area contributed by atoms with Crippen molar-refractivity contribution in [2.24, 2.45) is 0 Å². The number of ether oxygens (including phenoxy) is 1. The largest absolute Gasteiger partial charge is 0.453 e. The van der Waals surface area contributed by atoms with Gasteiger partial charge in [-0.15, -0.1) is 0 Å². The molecule has 0 aliphatic rings. The highest BCUT2D eigenvalue weighted by Gasteiger charge is 2.31. The number of alkyl halides is 3. The highest BCUT2D eigenvalue weighted by Crippen LogP contribution is 2.35. The lowest BCUT2D eigenvalue weighted by Crippen LogP contribution is -2.12. The van der Waals surface area contributed by atoms with Gasteiger partial charge in [-0.2, -0.15) is 13.2 Å². The lowest BCUT2D eigenvalue weighted by Gasteiger charge is -2.16. The molecule has 9 nitrogen and oxygen atoms in total. The summed E-state index contributed by atoms with van der Waals surface area (Å²) in [6.07, 6.45) is -1.43. The smallest absolute Gasteiger partial charge is 0.417 e. The van der Waals surface area contributed by atoms with Gasteiger partial charge in [-0.3, -0.25) is 5.32 Å². The highest BCUT2D eigenvalue weighted by atomic mass is 19.4. The molecule has 0 fully saturated rings. The van der Waals surface area contributed by atoms with E-state index in [2.05, 4.69) is 35.3 Å². The van der Waals surface area contributed by atoms with Crippen molar-refractivity contribution in [2.45, 2.75) is 19.1 Å². The molecule has 4 rings (SSSR count). The number of aromatic amines is 1. The molecule has 0 saturated heterocycles. The Morgan fingerprint density at radius 3 is 2.59 bits per heavy atom. The van der Waals surface area contributed by atoms with Crippen LogP contribution in [0.15, 0.2) is 48.9 Å². The molecule has 3 aromatic heterocycles. The molecule has 176 valence electrons. The number of nitrogens with two attached hydrogens (primary N) is 1. The zero-order valence-corrected chi connectivity index (χ0v) is 18.1. The van der Waals surface area contributed by atoms with Crippen LogP contribution in [-0.2, 0) is 10.9 Å². The number of halogens is 3. The zero-order valence-electron chi connectivity index (χ0n) is 18.1. The van der Waals surface area contributed by atoms with E-state index >= 15 is 0 Å². The molecule has 12 heteroatoms. The number of amides is 1. The lowest BCUT2D eigenvalue weighted by atomic mass is 10.1. The van der Waals surface area contributed by atoms with Gasteiger partial charge in [0.05, 0.1) is 30.6 Å². The predicted molar refractivity (Wildman–Crippen MR) is 121 cm³/mol. The van der Waals surface area contributed by atoms with Crippen LogP contribution in [0.5, 0.6) is 0 Å². The minimum Gasteiger partial charge on any atom is -0.453 e. The zero-order chi connectivity index (χ0) is 24.5. The summed E-state index contributed by atoms with van der Waals surface area (Å²) >= 11 is 0. The number of aromatic nitrogens is 4. The number of hydrogen-bond donors (Lipinski definition) is 4. The summed E-state index contributed by atoms with van der Waals surface area (Å²) in [5.41, 5.74) is 7.76. The molecule has 1 amide bonds. The maximum absolute atomic E-state index is 13.2. The molecular weight excluding hydrogens is 451 g/mol. The second-order valence-electron chi connectivity index (χ2n) is 7.42. The first kappa shape index (κ1) is 22.8. The fraction of sp³-hybridized carbons (Fsp3) is 0.182. The van der Waals surface area contributed by atoms with Gasteiger partial charge in [0.2, 0.25) is 5.95 Å². The molecule has 0 radical (unpaired) electrons. The van der Waals surface area contributed by atoms with Gasteiger partial charge in [-0.05, 0) is 30.7 Å². The molecule has 3 heterocycles. The number of fused-ring (bicyclic) bond motifs is 1. The van der Waals surface area contributed by atoms with E-state index < -0.39 is 17.8 Å². The molecule has 1 aromatic carbocycles. The lowest BCUT2D eigenvalue weighted by molar-refractivity contribution is -0.137. The molecule has 1 atom stereocenters. The number of carbonyl (C=O) groups is 1. The number of H-pyrrole nitrogens is 1. The number of rotatable bonds is 5. The number of methoxy groups -OCH3 is 1. The van der Waals surface area contributed by atoms with E-state index in [9.17, 15) is 18.0 Å². The minimum absolute atomic E-state index is 0.203. The van der Waals surface area contributed by atoms with Crippen LogP contribution in [0, 0.1) is 0 Å². The van der Waals surface area contributed by atoms with Crippen molar-refractivity contribution >= 4 is 34.4 Å². The summed E-state index contributed by atoms with van der Waals surface area (Å²) in [6.45, 7) is 1.88. The SMILES string of the molecule is COC(=O)Nc1ccc([C@@H](C)Nc2ncc(N)c(-c3c[nH]c4ncc(C(F)(F)F)cc34)n2)cc1. The van der Waals surface area contributed by atoms with Gasteiger partial charge in [0.25, 0.3) is 0 Å². The Morgan fingerprint density at radius 1 is 1.18 bits per heavy atom. The number of nitrogens with zero attached hydrogens (tertiary/aromatic N) is 3. The summed E-state index contributed by atoms with van der Waals surface area (Å²) in [7, 11) is 1.28. The fourth-order valence-electron chi connectivity index (χ4n) is 3.33. The van der Waals surface area contributed by atoms with Crippen molar-refractivity contribution < 1.29 is 22.7 Å². The summed E-state index contributed by atoms with van der Waals surface area (Å²) in [4.78, 5) is 26.6. The number of hydrogen-bond acceptors (Lipinski definition) is 7. The van der Waals surface area contributed by atoms with Crippen molar-refractivity contribution in [1.82, 2.24) is 19.9 Å². The van der Waals surface area contributed by atoms with Crippen LogP contribution in [0.4, 0.5) is 35.3 Å². The van der Waals surface area contributed by atoms with Gasteiger partial charge in [0.1, 0.15) is 11.3 Å². The second-order valence-corrected chi connectivity index (χ2v) is 7.42. The number of pyridine rings is 1. The number of carbonyl (C=O) groups excluding carboxylic acids is 1. The van der Waals surface area contributed by atoms with Crippen molar-refractivity contribution in [2.75, 3.05) is 23.5 Å². The van der Waals surface area contributed by atoms with E-state index in [0.29, 0.717) is 11.3 Å². The Balaban J connectivity index is 1.60. The summed E-state index contributed by atoms with van der Waals surface area (Å²) in [5.74, 6) is 0.239. The monoisotopic (exact) mass is 471 g/mol. The third kappa shape index (κ3) is 4.70. The Labute approximate surface area is 191 Å². The maximum Gasteiger partial charge on any atom is 0.417 e. The van der Waals surface area contributed by atoms with Gasteiger partial charge in [0.15, 0.2) is 0 Å². The van der Waals surface area contributed by atoms with E-state index in [0.717, 1.165) is 17.8 Å². The normalized spacial score (nSPS) is 12.4. The van der Waals surface area contributed by atoms with Gasteiger partial charge >= 0.3 is 12.3 Å². The van der Waals surface area contributed by atoms with Crippen LogP contribution in [0.3, 0.4) is 0 Å². The van der Waals surface area contributed by atoms with Crippen LogP contribution in [0.1, 0.15) is 24.1 Å². The average Bonchev–Trinajstić information content (AvgIpc) is 3.23. The standard InChI is InChI=1S/C22H20F3N7O2/c1-11(12-3-5-14(6-4-12)31-21(33)34-2)30-20-29-10-17(26)18(32-20)16-9-28-19-15(16)7-13(8-27-19)22(23,24)25/h3-11H,26H2,1-2H3,(H,27,28)(H,31,33)(H,29,30,32)/t11-/m1/s1. The topological polar surface area (TPSA) is 131 Å². The third-order valence-corrected chi connectivity index (χ3v) is 5.12. The van der Waals surface area contributed by atoms with Crippen LogP contribution in [0.25, 0.3) is 22.3 Å². The summed E-state index contributed by atoms with van der Waals surface area (Å²) in [5, 5.41) is 5.96. The first-order valence-electron chi connectivity index (χ1n) is 10.0. The highest BCUT2D eigenvalue weighted by molar-refractivity contribution is 5.95. The molecule has 0 aliphatic heterocycles. The molecule has 0 spiro atoms. The average molecular weight is 471 g/mol.